The zero-order valence-electron chi connectivity index (χ0n) is 14.6. The maximum atomic E-state index is 12.5. The summed E-state index contributed by atoms with van der Waals surface area (Å²) in [6.07, 6.45) is 0. The van der Waals surface area contributed by atoms with Crippen molar-refractivity contribution in [2.24, 2.45) is 5.84 Å². The lowest BCUT2D eigenvalue weighted by atomic mass is 9.98. The molecule has 4 N–H and O–H groups in total. The van der Waals surface area contributed by atoms with Crippen molar-refractivity contribution in [2.45, 2.75) is 32.9 Å². The molecule has 0 fully saturated rings. The summed E-state index contributed by atoms with van der Waals surface area (Å²) < 4.78 is 5.50. The molecule has 0 unspecified atom stereocenters. The molecule has 0 spiro atoms. The van der Waals surface area contributed by atoms with Gasteiger partial charge in [-0.25, -0.2) is 10.6 Å². The lowest BCUT2D eigenvalue weighted by Gasteiger charge is -2.20. The molecule has 0 saturated heterocycles. The number of hydrogen-bond acceptors (Lipinski definition) is 4. The van der Waals surface area contributed by atoms with Gasteiger partial charge in [0, 0.05) is 6.54 Å². The monoisotopic (exact) mass is 357 g/mol. The lowest BCUT2D eigenvalue weighted by Crippen LogP contribution is -2.39. The minimum atomic E-state index is -0.533. The molecule has 0 aliphatic rings. The van der Waals surface area contributed by atoms with Crippen LogP contribution in [0.4, 0.5) is 0 Å². The molecule has 0 aliphatic heterocycles. The van der Waals surface area contributed by atoms with Crippen molar-refractivity contribution in [3.05, 3.63) is 59.7 Å². The Balaban J connectivity index is 2.21. The van der Waals surface area contributed by atoms with E-state index in [0.29, 0.717) is 17.2 Å². The standard InChI is InChI=1S/C19H23N3O2S/c1-19(2,3)24-17(23)16-7-5-4-6-15(16)14-10-8-13(9-11-14)12-21-18(25)22-20/h4-11H,12,20H2,1-3H3,(H2,21,22,25). The zero-order chi connectivity index (χ0) is 18.4. The van der Waals surface area contributed by atoms with Crippen LogP contribution in [0.3, 0.4) is 0 Å². The number of carbonyl (C=O) groups excluding carboxylic acids is 1. The van der Waals surface area contributed by atoms with Gasteiger partial charge in [-0.05, 0) is 55.7 Å². The Kier molecular flexibility index (Phi) is 6.12. The Hall–Kier alpha value is -2.44. The molecule has 5 nitrogen and oxygen atoms in total. The van der Waals surface area contributed by atoms with Crippen molar-refractivity contribution in [1.82, 2.24) is 10.7 Å². The van der Waals surface area contributed by atoms with Gasteiger partial charge in [-0.2, -0.15) is 0 Å². The molecule has 6 heteroatoms. The number of esters is 1. The van der Waals surface area contributed by atoms with E-state index >= 15 is 0 Å². The molecule has 0 amide bonds. The third kappa shape index (κ3) is 5.55. The maximum absolute atomic E-state index is 12.5. The summed E-state index contributed by atoms with van der Waals surface area (Å²) in [4.78, 5) is 12.5. The number of hydrogen-bond donors (Lipinski definition) is 3. The average molecular weight is 357 g/mol. The van der Waals surface area contributed by atoms with Crippen LogP contribution in [-0.2, 0) is 11.3 Å². The van der Waals surface area contributed by atoms with Crippen molar-refractivity contribution in [3.63, 3.8) is 0 Å². The third-order valence-corrected chi connectivity index (χ3v) is 3.66. The molecule has 0 aromatic heterocycles. The summed E-state index contributed by atoms with van der Waals surface area (Å²) in [5.41, 5.74) is 5.24. The number of thiocarbonyl (C=S) groups is 1. The number of rotatable bonds is 4. The summed E-state index contributed by atoms with van der Waals surface area (Å²) in [7, 11) is 0. The first-order valence-electron chi connectivity index (χ1n) is 7.96. The molecule has 0 heterocycles. The Bertz CT molecular complexity index is 752. The first kappa shape index (κ1) is 18.9. The van der Waals surface area contributed by atoms with E-state index in [4.69, 9.17) is 22.8 Å². The highest BCUT2D eigenvalue weighted by atomic mass is 32.1. The number of carbonyl (C=O) groups is 1. The van der Waals surface area contributed by atoms with E-state index < -0.39 is 5.60 Å². The summed E-state index contributed by atoms with van der Waals surface area (Å²) in [6.45, 7) is 6.14. The smallest absolute Gasteiger partial charge is 0.339 e. The van der Waals surface area contributed by atoms with Crippen LogP contribution in [0.2, 0.25) is 0 Å². The molecule has 2 rings (SSSR count). The van der Waals surface area contributed by atoms with E-state index in [1.165, 1.54) is 0 Å². The first-order valence-corrected chi connectivity index (χ1v) is 8.37. The van der Waals surface area contributed by atoms with Gasteiger partial charge in [0.2, 0.25) is 0 Å². The van der Waals surface area contributed by atoms with E-state index in [0.717, 1.165) is 16.7 Å². The minimum absolute atomic E-state index is 0.326. The summed E-state index contributed by atoms with van der Waals surface area (Å²) >= 11 is 4.95. The molecular weight excluding hydrogens is 334 g/mol. The Morgan fingerprint density at radius 3 is 2.36 bits per heavy atom. The van der Waals surface area contributed by atoms with Crippen LogP contribution in [0.1, 0.15) is 36.7 Å². The number of nitrogens with two attached hydrogens (primary N) is 1. The Morgan fingerprint density at radius 2 is 1.76 bits per heavy atom. The van der Waals surface area contributed by atoms with E-state index in [2.05, 4.69) is 10.7 Å². The highest BCUT2D eigenvalue weighted by Gasteiger charge is 2.20. The van der Waals surface area contributed by atoms with Gasteiger partial charge in [-0.1, -0.05) is 42.5 Å². The van der Waals surface area contributed by atoms with Crippen LogP contribution >= 0.6 is 12.2 Å². The highest BCUT2D eigenvalue weighted by Crippen LogP contribution is 2.26. The first-order chi connectivity index (χ1) is 11.8. The second-order valence-corrected chi connectivity index (χ2v) is 6.98. The molecule has 132 valence electrons. The van der Waals surface area contributed by atoms with Crippen molar-refractivity contribution in [2.75, 3.05) is 0 Å². The topological polar surface area (TPSA) is 76.4 Å². The second-order valence-electron chi connectivity index (χ2n) is 6.57. The normalized spacial score (nSPS) is 10.9. The van der Waals surface area contributed by atoms with Crippen LogP contribution in [-0.4, -0.2) is 16.7 Å². The molecule has 0 radical (unpaired) electrons. The van der Waals surface area contributed by atoms with E-state index in [1.807, 2.05) is 63.2 Å². The molecule has 0 atom stereocenters. The molecule has 0 bridgehead atoms. The van der Waals surface area contributed by atoms with Gasteiger partial charge in [0.25, 0.3) is 0 Å². The Labute approximate surface area is 153 Å². The number of ether oxygens (including phenoxy) is 1. The summed E-state index contributed by atoms with van der Waals surface area (Å²) in [6, 6.07) is 15.3. The number of benzene rings is 2. The zero-order valence-corrected chi connectivity index (χ0v) is 15.4. The predicted octanol–water partition coefficient (Wildman–Crippen LogP) is 3.15. The predicted molar refractivity (Wildman–Crippen MR) is 104 cm³/mol. The van der Waals surface area contributed by atoms with Crippen molar-refractivity contribution in [3.8, 4) is 11.1 Å². The van der Waals surface area contributed by atoms with Gasteiger partial charge < -0.3 is 15.5 Å². The van der Waals surface area contributed by atoms with Gasteiger partial charge in [0.15, 0.2) is 5.11 Å². The second kappa shape index (κ2) is 8.09. The molecule has 2 aromatic carbocycles. The van der Waals surface area contributed by atoms with Crippen LogP contribution in [0.25, 0.3) is 11.1 Å². The fraction of sp³-hybridized carbons (Fsp3) is 0.263. The van der Waals surface area contributed by atoms with Crippen LogP contribution in [0.5, 0.6) is 0 Å². The van der Waals surface area contributed by atoms with E-state index in [-0.39, 0.29) is 5.97 Å². The SMILES string of the molecule is CC(C)(C)OC(=O)c1ccccc1-c1ccc(CNC(=S)NN)cc1. The molecule has 2 aromatic rings. The summed E-state index contributed by atoms with van der Waals surface area (Å²) in [5.74, 6) is 4.90. The third-order valence-electron chi connectivity index (χ3n) is 3.39. The largest absolute Gasteiger partial charge is 0.456 e. The van der Waals surface area contributed by atoms with Crippen LogP contribution in [0, 0.1) is 0 Å². The van der Waals surface area contributed by atoms with Crippen LogP contribution in [0.15, 0.2) is 48.5 Å². The lowest BCUT2D eigenvalue weighted by molar-refractivity contribution is 0.00705. The maximum Gasteiger partial charge on any atom is 0.339 e. The molecule has 0 aliphatic carbocycles. The fourth-order valence-corrected chi connectivity index (χ4v) is 2.35. The highest BCUT2D eigenvalue weighted by molar-refractivity contribution is 7.80. The molecular formula is C19H23N3O2S. The van der Waals surface area contributed by atoms with Gasteiger partial charge in [-0.15, -0.1) is 0 Å². The fourth-order valence-electron chi connectivity index (χ4n) is 2.28. The molecule has 0 saturated carbocycles. The van der Waals surface area contributed by atoms with Gasteiger partial charge >= 0.3 is 5.97 Å². The van der Waals surface area contributed by atoms with Crippen molar-refractivity contribution in [1.29, 1.82) is 0 Å². The van der Waals surface area contributed by atoms with Gasteiger partial charge in [0.05, 0.1) is 5.56 Å². The quantitative estimate of drug-likeness (QED) is 0.338. The molecule has 25 heavy (non-hydrogen) atoms. The average Bonchev–Trinajstić information content (AvgIpc) is 2.58. The van der Waals surface area contributed by atoms with Crippen molar-refractivity contribution >= 4 is 23.3 Å². The number of nitrogens with one attached hydrogen (secondary N) is 2. The number of hydrazine groups is 1. The van der Waals surface area contributed by atoms with E-state index in [1.54, 1.807) is 6.07 Å². The minimum Gasteiger partial charge on any atom is -0.456 e. The summed E-state index contributed by atoms with van der Waals surface area (Å²) in [5, 5.41) is 3.37. The van der Waals surface area contributed by atoms with E-state index in [9.17, 15) is 4.79 Å². The van der Waals surface area contributed by atoms with Crippen LogP contribution < -0.4 is 16.6 Å². The van der Waals surface area contributed by atoms with Crippen molar-refractivity contribution < 1.29 is 9.53 Å². The van der Waals surface area contributed by atoms with Gasteiger partial charge in [0.1, 0.15) is 5.60 Å². The van der Waals surface area contributed by atoms with Gasteiger partial charge in [-0.3, -0.25) is 0 Å². The Morgan fingerprint density at radius 1 is 1.12 bits per heavy atom.